The first kappa shape index (κ1) is 14.0. The van der Waals surface area contributed by atoms with Crippen LogP contribution in [0.5, 0.6) is 0 Å². The maximum absolute atomic E-state index is 11.1. The van der Waals surface area contributed by atoms with Gasteiger partial charge in [0, 0.05) is 23.7 Å². The van der Waals surface area contributed by atoms with E-state index in [0.717, 1.165) is 17.7 Å². The van der Waals surface area contributed by atoms with Gasteiger partial charge in [-0.3, -0.25) is 10.1 Å². The topological polar surface area (TPSA) is 55.2 Å². The molecule has 2 aromatic carbocycles. The van der Waals surface area contributed by atoms with Crippen LogP contribution in [0.4, 0.5) is 11.4 Å². The number of non-ortho nitro benzene ring substituents is 1. The Morgan fingerprint density at radius 3 is 2.91 bits per heavy atom. The fourth-order valence-corrected chi connectivity index (χ4v) is 3.88. The van der Waals surface area contributed by atoms with Crippen LogP contribution in [0.15, 0.2) is 54.6 Å². The van der Waals surface area contributed by atoms with Crippen LogP contribution in [0, 0.1) is 23.0 Å². The lowest BCUT2D eigenvalue weighted by Crippen LogP contribution is -2.29. The molecule has 1 aliphatic heterocycles. The zero-order valence-electron chi connectivity index (χ0n) is 12.9. The molecule has 3 unspecified atom stereocenters. The van der Waals surface area contributed by atoms with Gasteiger partial charge in [-0.15, -0.1) is 0 Å². The Balaban J connectivity index is 1.78. The van der Waals surface area contributed by atoms with Crippen molar-refractivity contribution in [3.05, 3.63) is 81.4 Å². The largest absolute Gasteiger partial charge is 0.378 e. The molecule has 1 heterocycles. The minimum atomic E-state index is -0.325. The SMILES string of the molecule is Cc1ccc2c(c1)C1C=CCC1C(c1cccc([N+](=O)[O-])c1)N2. The molecule has 2 aromatic rings. The monoisotopic (exact) mass is 306 g/mol. The molecule has 3 atom stereocenters. The first-order chi connectivity index (χ1) is 11.1. The molecule has 2 aliphatic rings. The van der Waals surface area contributed by atoms with Crippen molar-refractivity contribution in [2.75, 3.05) is 5.32 Å². The zero-order valence-corrected chi connectivity index (χ0v) is 12.9. The van der Waals surface area contributed by atoms with Crippen molar-refractivity contribution >= 4 is 11.4 Å². The number of benzene rings is 2. The highest BCUT2D eigenvalue weighted by atomic mass is 16.6. The molecular weight excluding hydrogens is 288 g/mol. The Morgan fingerprint density at radius 2 is 2.09 bits per heavy atom. The first-order valence-corrected chi connectivity index (χ1v) is 7.91. The number of rotatable bonds is 2. The Hall–Kier alpha value is -2.62. The predicted molar refractivity (Wildman–Crippen MR) is 90.6 cm³/mol. The van der Waals surface area contributed by atoms with Gasteiger partial charge in [-0.1, -0.05) is 42.0 Å². The fourth-order valence-electron chi connectivity index (χ4n) is 3.88. The Bertz CT molecular complexity index is 813. The molecule has 0 fully saturated rings. The molecule has 0 radical (unpaired) electrons. The summed E-state index contributed by atoms with van der Waals surface area (Å²) in [4.78, 5) is 10.7. The van der Waals surface area contributed by atoms with E-state index in [1.165, 1.54) is 11.1 Å². The van der Waals surface area contributed by atoms with Gasteiger partial charge in [-0.2, -0.15) is 0 Å². The van der Waals surface area contributed by atoms with Gasteiger partial charge in [0.2, 0.25) is 0 Å². The van der Waals surface area contributed by atoms with Gasteiger partial charge in [0.1, 0.15) is 0 Å². The molecule has 0 spiro atoms. The van der Waals surface area contributed by atoms with Crippen LogP contribution in [0.2, 0.25) is 0 Å². The summed E-state index contributed by atoms with van der Waals surface area (Å²) in [6, 6.07) is 13.6. The Labute approximate surface area is 135 Å². The Morgan fingerprint density at radius 1 is 1.22 bits per heavy atom. The highest BCUT2D eigenvalue weighted by molar-refractivity contribution is 5.61. The van der Waals surface area contributed by atoms with Crippen molar-refractivity contribution in [3.8, 4) is 0 Å². The van der Waals surface area contributed by atoms with Gasteiger partial charge in [-0.25, -0.2) is 0 Å². The molecule has 1 aliphatic carbocycles. The lowest BCUT2D eigenvalue weighted by Gasteiger charge is -2.37. The highest BCUT2D eigenvalue weighted by Crippen LogP contribution is 2.50. The standard InChI is InChI=1S/C19H18N2O2/c1-12-8-9-18-17(10-12)15-6-3-7-16(15)19(20-18)13-4-2-5-14(11-13)21(22)23/h2-6,8-11,15-16,19-20H,7H2,1H3. The van der Waals surface area contributed by atoms with Crippen molar-refractivity contribution < 1.29 is 4.92 Å². The van der Waals surface area contributed by atoms with Crippen molar-refractivity contribution in [1.82, 2.24) is 0 Å². The van der Waals surface area contributed by atoms with Crippen LogP contribution < -0.4 is 5.32 Å². The molecule has 4 heteroatoms. The summed E-state index contributed by atoms with van der Waals surface area (Å²) in [6.45, 7) is 2.11. The number of nitro groups is 1. The van der Waals surface area contributed by atoms with Crippen LogP contribution in [-0.2, 0) is 0 Å². The van der Waals surface area contributed by atoms with E-state index in [2.05, 4.69) is 42.6 Å². The second kappa shape index (κ2) is 5.23. The van der Waals surface area contributed by atoms with E-state index in [1.807, 2.05) is 6.07 Å². The van der Waals surface area contributed by atoms with Crippen LogP contribution in [0.1, 0.15) is 35.1 Å². The predicted octanol–water partition coefficient (Wildman–Crippen LogP) is 4.73. The quantitative estimate of drug-likeness (QED) is 0.496. The number of hydrogen-bond acceptors (Lipinski definition) is 3. The van der Waals surface area contributed by atoms with E-state index < -0.39 is 0 Å². The first-order valence-electron chi connectivity index (χ1n) is 7.91. The summed E-state index contributed by atoms with van der Waals surface area (Å²) in [5, 5.41) is 14.7. The highest BCUT2D eigenvalue weighted by Gasteiger charge is 2.38. The minimum Gasteiger partial charge on any atom is -0.378 e. The number of allylic oxidation sites excluding steroid dienone is 2. The molecule has 4 rings (SSSR count). The normalized spacial score (nSPS) is 24.7. The van der Waals surface area contributed by atoms with E-state index in [0.29, 0.717) is 11.8 Å². The summed E-state index contributed by atoms with van der Waals surface area (Å²) >= 11 is 0. The third-order valence-corrected chi connectivity index (χ3v) is 4.96. The molecule has 23 heavy (non-hydrogen) atoms. The van der Waals surface area contributed by atoms with Crippen LogP contribution >= 0.6 is 0 Å². The van der Waals surface area contributed by atoms with Gasteiger partial charge >= 0.3 is 0 Å². The number of aryl methyl sites for hydroxylation is 1. The minimum absolute atomic E-state index is 0.102. The van der Waals surface area contributed by atoms with E-state index in [-0.39, 0.29) is 16.7 Å². The smallest absolute Gasteiger partial charge is 0.269 e. The van der Waals surface area contributed by atoms with Gasteiger partial charge in [-0.05, 0) is 36.5 Å². The van der Waals surface area contributed by atoms with E-state index in [4.69, 9.17) is 0 Å². The van der Waals surface area contributed by atoms with Crippen molar-refractivity contribution in [2.45, 2.75) is 25.3 Å². The number of fused-ring (bicyclic) bond motifs is 3. The summed E-state index contributed by atoms with van der Waals surface area (Å²) in [7, 11) is 0. The molecule has 0 amide bonds. The lowest BCUT2D eigenvalue weighted by atomic mass is 9.76. The molecule has 0 saturated heterocycles. The average molecular weight is 306 g/mol. The number of hydrogen-bond donors (Lipinski definition) is 1. The van der Waals surface area contributed by atoms with Crippen LogP contribution in [-0.4, -0.2) is 4.92 Å². The van der Waals surface area contributed by atoms with Crippen molar-refractivity contribution in [1.29, 1.82) is 0 Å². The summed E-state index contributed by atoms with van der Waals surface area (Å²) in [6.07, 6.45) is 5.52. The summed E-state index contributed by atoms with van der Waals surface area (Å²) < 4.78 is 0. The number of nitro benzene ring substituents is 1. The molecule has 116 valence electrons. The van der Waals surface area contributed by atoms with Crippen LogP contribution in [0.25, 0.3) is 0 Å². The van der Waals surface area contributed by atoms with Gasteiger partial charge in [0.15, 0.2) is 0 Å². The zero-order chi connectivity index (χ0) is 16.0. The molecule has 0 aromatic heterocycles. The summed E-state index contributed by atoms with van der Waals surface area (Å²) in [5.41, 5.74) is 4.88. The fraction of sp³-hybridized carbons (Fsp3) is 0.263. The molecule has 4 nitrogen and oxygen atoms in total. The third-order valence-electron chi connectivity index (χ3n) is 4.96. The van der Waals surface area contributed by atoms with Gasteiger partial charge in [0.05, 0.1) is 11.0 Å². The maximum atomic E-state index is 11.1. The maximum Gasteiger partial charge on any atom is 0.269 e. The van der Waals surface area contributed by atoms with Gasteiger partial charge in [0.25, 0.3) is 5.69 Å². The van der Waals surface area contributed by atoms with Crippen molar-refractivity contribution in [2.24, 2.45) is 5.92 Å². The summed E-state index contributed by atoms with van der Waals surface area (Å²) in [5.74, 6) is 0.793. The number of nitrogens with one attached hydrogen (secondary N) is 1. The second-order valence-electron chi connectivity index (χ2n) is 6.42. The van der Waals surface area contributed by atoms with Gasteiger partial charge < -0.3 is 5.32 Å². The van der Waals surface area contributed by atoms with Crippen LogP contribution in [0.3, 0.4) is 0 Å². The lowest BCUT2D eigenvalue weighted by molar-refractivity contribution is -0.384. The van der Waals surface area contributed by atoms with Crippen molar-refractivity contribution in [3.63, 3.8) is 0 Å². The third kappa shape index (κ3) is 2.31. The number of anilines is 1. The second-order valence-corrected chi connectivity index (χ2v) is 6.42. The molecular formula is C19H18N2O2. The molecule has 0 bridgehead atoms. The number of nitrogens with zero attached hydrogens (tertiary/aromatic N) is 1. The molecule has 0 saturated carbocycles. The van der Waals surface area contributed by atoms with E-state index in [9.17, 15) is 10.1 Å². The van der Waals surface area contributed by atoms with E-state index in [1.54, 1.807) is 18.2 Å². The molecule has 1 N–H and O–H groups in total. The van der Waals surface area contributed by atoms with E-state index >= 15 is 0 Å². The average Bonchev–Trinajstić information content (AvgIpc) is 3.04. The Kier molecular flexibility index (Phi) is 3.18.